The number of ether oxygens (including phenoxy) is 1. The van der Waals surface area contributed by atoms with Gasteiger partial charge in [0.15, 0.2) is 0 Å². The third-order valence-electron chi connectivity index (χ3n) is 2.17. The fraction of sp³-hybridized carbons (Fsp3) is 0.364. The second-order valence-corrected chi connectivity index (χ2v) is 3.99. The average molecular weight is 276 g/mol. The summed E-state index contributed by atoms with van der Waals surface area (Å²) in [7, 11) is 0. The number of nitrogens with zero attached hydrogens (tertiary/aromatic N) is 1. The van der Waals surface area contributed by atoms with Gasteiger partial charge in [0.1, 0.15) is 5.38 Å². The van der Waals surface area contributed by atoms with Crippen LogP contribution < -0.4 is 0 Å². The Hall–Kier alpha value is -1.69. The Labute approximate surface area is 108 Å². The summed E-state index contributed by atoms with van der Waals surface area (Å²) in [6.07, 6.45) is 0.0509. The lowest BCUT2D eigenvalue weighted by Crippen LogP contribution is -2.20. The van der Waals surface area contributed by atoms with E-state index in [1.807, 2.05) is 0 Å². The summed E-state index contributed by atoms with van der Waals surface area (Å²) in [5.41, 5.74) is -0.216. The SMILES string of the molecule is CCOC(=O)C(Cl)Cc1ccc([N+](=O)[O-])c(F)c1. The molecule has 0 fully saturated rings. The minimum atomic E-state index is -0.953. The summed E-state index contributed by atoms with van der Waals surface area (Å²) in [5, 5.41) is 9.47. The van der Waals surface area contributed by atoms with Crippen LogP contribution in [0.4, 0.5) is 10.1 Å². The van der Waals surface area contributed by atoms with Crippen LogP contribution in [0.25, 0.3) is 0 Å². The molecule has 0 heterocycles. The van der Waals surface area contributed by atoms with Crippen LogP contribution in [0.1, 0.15) is 12.5 Å². The molecule has 0 N–H and O–H groups in total. The van der Waals surface area contributed by atoms with Crippen molar-refractivity contribution in [3.05, 3.63) is 39.7 Å². The van der Waals surface area contributed by atoms with E-state index in [-0.39, 0.29) is 13.0 Å². The van der Waals surface area contributed by atoms with Crippen LogP contribution in [0.2, 0.25) is 0 Å². The molecule has 1 aromatic rings. The normalized spacial score (nSPS) is 11.9. The molecule has 0 aliphatic carbocycles. The molecule has 1 atom stereocenters. The highest BCUT2D eigenvalue weighted by Crippen LogP contribution is 2.20. The lowest BCUT2D eigenvalue weighted by Gasteiger charge is -2.08. The van der Waals surface area contributed by atoms with Crippen molar-refractivity contribution in [3.63, 3.8) is 0 Å². The highest BCUT2D eigenvalue weighted by Gasteiger charge is 2.19. The molecule has 0 saturated carbocycles. The molecule has 0 amide bonds. The number of alkyl halides is 1. The zero-order valence-corrected chi connectivity index (χ0v) is 10.3. The number of nitro benzene ring substituents is 1. The first-order valence-corrected chi connectivity index (χ1v) is 5.62. The smallest absolute Gasteiger partial charge is 0.324 e. The van der Waals surface area contributed by atoms with Crippen molar-refractivity contribution in [2.24, 2.45) is 0 Å². The Balaban J connectivity index is 2.77. The predicted molar refractivity (Wildman–Crippen MR) is 63.0 cm³/mol. The van der Waals surface area contributed by atoms with E-state index in [2.05, 4.69) is 0 Å². The highest BCUT2D eigenvalue weighted by molar-refractivity contribution is 6.30. The lowest BCUT2D eigenvalue weighted by molar-refractivity contribution is -0.387. The monoisotopic (exact) mass is 275 g/mol. The van der Waals surface area contributed by atoms with Gasteiger partial charge < -0.3 is 4.74 Å². The molecule has 0 aliphatic rings. The number of esters is 1. The summed E-state index contributed by atoms with van der Waals surface area (Å²) >= 11 is 5.77. The molecule has 0 radical (unpaired) electrons. The van der Waals surface area contributed by atoms with Gasteiger partial charge in [0, 0.05) is 6.07 Å². The van der Waals surface area contributed by atoms with Crippen molar-refractivity contribution < 1.29 is 18.8 Å². The van der Waals surface area contributed by atoms with Crippen molar-refractivity contribution in [2.75, 3.05) is 6.61 Å². The molecule has 0 spiro atoms. The number of halogens is 2. The van der Waals surface area contributed by atoms with Crippen molar-refractivity contribution >= 4 is 23.3 Å². The van der Waals surface area contributed by atoms with Crippen molar-refractivity contribution in [3.8, 4) is 0 Å². The number of nitro groups is 1. The van der Waals surface area contributed by atoms with Crippen LogP contribution in [0, 0.1) is 15.9 Å². The second kappa shape index (κ2) is 6.30. The molecular formula is C11H11ClFNO4. The minimum absolute atomic E-state index is 0.0509. The first-order valence-electron chi connectivity index (χ1n) is 5.19. The maximum absolute atomic E-state index is 13.3. The molecule has 7 heteroatoms. The first kappa shape index (κ1) is 14.4. The Morgan fingerprint density at radius 1 is 1.61 bits per heavy atom. The van der Waals surface area contributed by atoms with Gasteiger partial charge in [-0.25, -0.2) is 0 Å². The predicted octanol–water partition coefficient (Wildman–Crippen LogP) is 2.45. The molecule has 1 rings (SSSR count). The summed E-state index contributed by atoms with van der Waals surface area (Å²) < 4.78 is 18.0. The Morgan fingerprint density at radius 2 is 2.28 bits per heavy atom. The fourth-order valence-corrected chi connectivity index (χ4v) is 1.59. The number of hydrogen-bond acceptors (Lipinski definition) is 4. The third kappa shape index (κ3) is 3.66. The summed E-state index contributed by atoms with van der Waals surface area (Å²) in [6, 6.07) is 3.39. The van der Waals surface area contributed by atoms with Crippen LogP contribution in [-0.4, -0.2) is 22.9 Å². The van der Waals surface area contributed by atoms with E-state index in [4.69, 9.17) is 16.3 Å². The molecule has 0 saturated heterocycles. The van der Waals surface area contributed by atoms with Crippen molar-refractivity contribution in [1.29, 1.82) is 0 Å². The van der Waals surface area contributed by atoms with Crippen LogP contribution in [0.5, 0.6) is 0 Å². The van der Waals surface area contributed by atoms with Gasteiger partial charge in [-0.1, -0.05) is 6.07 Å². The van der Waals surface area contributed by atoms with E-state index in [0.29, 0.717) is 5.56 Å². The molecule has 0 aliphatic heterocycles. The Bertz CT molecular complexity index is 466. The van der Waals surface area contributed by atoms with E-state index >= 15 is 0 Å². The largest absolute Gasteiger partial charge is 0.465 e. The molecule has 0 bridgehead atoms. The van der Waals surface area contributed by atoms with Crippen molar-refractivity contribution in [2.45, 2.75) is 18.7 Å². The molecule has 18 heavy (non-hydrogen) atoms. The third-order valence-corrected chi connectivity index (χ3v) is 2.50. The number of benzene rings is 1. The maximum Gasteiger partial charge on any atom is 0.324 e. The van der Waals surface area contributed by atoms with Gasteiger partial charge >= 0.3 is 11.7 Å². The average Bonchev–Trinajstić information content (AvgIpc) is 2.28. The summed E-state index contributed by atoms with van der Waals surface area (Å²) in [4.78, 5) is 20.8. The van der Waals surface area contributed by atoms with Crippen LogP contribution >= 0.6 is 11.6 Å². The molecule has 5 nitrogen and oxygen atoms in total. The summed E-state index contributed by atoms with van der Waals surface area (Å²) in [5.74, 6) is -1.55. The van der Waals surface area contributed by atoms with E-state index < -0.39 is 27.8 Å². The van der Waals surface area contributed by atoms with Gasteiger partial charge in [-0.05, 0) is 25.0 Å². The highest BCUT2D eigenvalue weighted by atomic mass is 35.5. The lowest BCUT2D eigenvalue weighted by atomic mass is 10.1. The second-order valence-electron chi connectivity index (χ2n) is 3.47. The van der Waals surface area contributed by atoms with Gasteiger partial charge in [-0.15, -0.1) is 11.6 Å². The first-order chi connectivity index (χ1) is 8.45. The van der Waals surface area contributed by atoms with Gasteiger partial charge in [0.2, 0.25) is 5.82 Å². The van der Waals surface area contributed by atoms with E-state index in [1.165, 1.54) is 6.07 Å². The molecule has 0 aromatic heterocycles. The van der Waals surface area contributed by atoms with Crippen LogP contribution in [-0.2, 0) is 16.0 Å². The zero-order valence-electron chi connectivity index (χ0n) is 9.56. The van der Waals surface area contributed by atoms with Gasteiger partial charge in [0.25, 0.3) is 0 Å². The van der Waals surface area contributed by atoms with Gasteiger partial charge in [-0.3, -0.25) is 14.9 Å². The standard InChI is InChI=1S/C11H11ClFNO4/c1-2-18-11(15)8(12)5-7-3-4-10(14(16)17)9(13)6-7/h3-4,6,8H,2,5H2,1H3. The quantitative estimate of drug-likeness (QED) is 0.358. The number of hydrogen-bond donors (Lipinski definition) is 0. The van der Waals surface area contributed by atoms with Crippen molar-refractivity contribution in [1.82, 2.24) is 0 Å². The zero-order chi connectivity index (χ0) is 13.7. The van der Waals surface area contributed by atoms with Gasteiger partial charge in [-0.2, -0.15) is 4.39 Å². The molecule has 98 valence electrons. The number of carbonyl (C=O) groups excluding carboxylic acids is 1. The fourth-order valence-electron chi connectivity index (χ4n) is 1.35. The molecule has 1 aromatic carbocycles. The Kier molecular flexibility index (Phi) is 5.03. The van der Waals surface area contributed by atoms with Gasteiger partial charge in [0.05, 0.1) is 11.5 Å². The molecular weight excluding hydrogens is 265 g/mol. The number of carbonyl (C=O) groups is 1. The molecule has 1 unspecified atom stereocenters. The van der Waals surface area contributed by atoms with E-state index in [1.54, 1.807) is 6.92 Å². The Morgan fingerprint density at radius 3 is 2.78 bits per heavy atom. The van der Waals surface area contributed by atoms with Crippen LogP contribution in [0.3, 0.4) is 0 Å². The minimum Gasteiger partial charge on any atom is -0.465 e. The summed E-state index contributed by atoms with van der Waals surface area (Å²) in [6.45, 7) is 1.85. The topological polar surface area (TPSA) is 69.4 Å². The van der Waals surface area contributed by atoms with E-state index in [9.17, 15) is 19.3 Å². The van der Waals surface area contributed by atoms with E-state index in [0.717, 1.165) is 12.1 Å². The number of rotatable bonds is 5. The van der Waals surface area contributed by atoms with Crippen LogP contribution in [0.15, 0.2) is 18.2 Å². The maximum atomic E-state index is 13.3.